The zero-order valence-electron chi connectivity index (χ0n) is 8.86. The number of carbonyl (C=O) groups is 2. The Morgan fingerprint density at radius 3 is 2.14 bits per heavy atom. The molecule has 3 N–H and O–H groups in total. The van der Waals surface area contributed by atoms with Crippen molar-refractivity contribution in [1.82, 2.24) is 4.90 Å². The number of nitrogens with zero attached hydrogens (tertiary/aromatic N) is 1. The molecule has 1 amide bonds. The standard InChI is InChI=1S/C9H18N2O3/c1-6(2)11(5-4-8(12)13)9(14)7(3)10/h6-7H,4-5,10H2,1-3H3,(H,12,13)/t7-/m0/s1. The first-order chi connectivity index (χ1) is 6.36. The number of nitrogens with two attached hydrogens (primary N) is 1. The van der Waals surface area contributed by atoms with Gasteiger partial charge < -0.3 is 15.7 Å². The molecule has 0 saturated carbocycles. The van der Waals surface area contributed by atoms with Crippen molar-refractivity contribution in [2.45, 2.75) is 39.3 Å². The van der Waals surface area contributed by atoms with Crippen LogP contribution in [0, 0.1) is 0 Å². The summed E-state index contributed by atoms with van der Waals surface area (Å²) in [4.78, 5) is 23.3. The first kappa shape index (κ1) is 12.9. The Balaban J connectivity index is 4.29. The minimum absolute atomic E-state index is 0.0205. The smallest absolute Gasteiger partial charge is 0.305 e. The molecular formula is C9H18N2O3. The van der Waals surface area contributed by atoms with E-state index in [9.17, 15) is 9.59 Å². The Bertz CT molecular complexity index is 214. The lowest BCUT2D eigenvalue weighted by Crippen LogP contribution is -2.46. The van der Waals surface area contributed by atoms with Gasteiger partial charge in [0.1, 0.15) is 0 Å². The zero-order chi connectivity index (χ0) is 11.3. The number of hydrogen-bond donors (Lipinski definition) is 2. The molecule has 0 fully saturated rings. The van der Waals surface area contributed by atoms with Crippen LogP contribution in [0.1, 0.15) is 27.2 Å². The first-order valence-electron chi connectivity index (χ1n) is 4.64. The molecule has 0 rings (SSSR count). The van der Waals surface area contributed by atoms with Gasteiger partial charge in [0.25, 0.3) is 0 Å². The lowest BCUT2D eigenvalue weighted by atomic mass is 10.2. The minimum atomic E-state index is -0.909. The Labute approximate surface area is 83.9 Å². The van der Waals surface area contributed by atoms with E-state index in [1.54, 1.807) is 6.92 Å². The van der Waals surface area contributed by atoms with Gasteiger partial charge in [0.05, 0.1) is 12.5 Å². The van der Waals surface area contributed by atoms with Gasteiger partial charge in [0.2, 0.25) is 5.91 Å². The number of carboxylic acid groups (broad SMARTS) is 1. The number of carbonyl (C=O) groups excluding carboxylic acids is 1. The fourth-order valence-electron chi connectivity index (χ4n) is 1.10. The maximum atomic E-state index is 11.5. The van der Waals surface area contributed by atoms with Gasteiger partial charge in [-0.15, -0.1) is 0 Å². The van der Waals surface area contributed by atoms with Crippen LogP contribution in [-0.2, 0) is 9.59 Å². The second-order valence-corrected chi connectivity index (χ2v) is 3.56. The van der Waals surface area contributed by atoms with Gasteiger partial charge in [-0.05, 0) is 20.8 Å². The summed E-state index contributed by atoms with van der Waals surface area (Å²) in [7, 11) is 0. The van der Waals surface area contributed by atoms with Crippen molar-refractivity contribution in [2.24, 2.45) is 5.73 Å². The highest BCUT2D eigenvalue weighted by atomic mass is 16.4. The second-order valence-electron chi connectivity index (χ2n) is 3.56. The third-order valence-electron chi connectivity index (χ3n) is 1.86. The summed E-state index contributed by atoms with van der Waals surface area (Å²) in [5.74, 6) is -1.12. The van der Waals surface area contributed by atoms with E-state index in [1.807, 2.05) is 13.8 Å². The fraction of sp³-hybridized carbons (Fsp3) is 0.778. The molecule has 0 spiro atoms. The van der Waals surface area contributed by atoms with Crippen molar-refractivity contribution in [1.29, 1.82) is 0 Å². The molecule has 0 aromatic heterocycles. The molecule has 0 aromatic rings. The summed E-state index contributed by atoms with van der Waals surface area (Å²) < 4.78 is 0. The van der Waals surface area contributed by atoms with Crippen LogP contribution in [0.15, 0.2) is 0 Å². The minimum Gasteiger partial charge on any atom is -0.481 e. The van der Waals surface area contributed by atoms with Gasteiger partial charge in [-0.2, -0.15) is 0 Å². The molecule has 82 valence electrons. The second kappa shape index (κ2) is 5.59. The summed E-state index contributed by atoms with van der Waals surface area (Å²) in [6.07, 6.45) is -0.0450. The number of hydrogen-bond acceptors (Lipinski definition) is 3. The van der Waals surface area contributed by atoms with E-state index in [2.05, 4.69) is 0 Å². The van der Waals surface area contributed by atoms with E-state index in [0.29, 0.717) is 0 Å². The van der Waals surface area contributed by atoms with E-state index in [-0.39, 0.29) is 24.9 Å². The average Bonchev–Trinajstić information content (AvgIpc) is 2.02. The zero-order valence-corrected chi connectivity index (χ0v) is 8.86. The average molecular weight is 202 g/mol. The van der Waals surface area contributed by atoms with Crippen molar-refractivity contribution in [2.75, 3.05) is 6.54 Å². The predicted octanol–water partition coefficient (Wildman–Crippen LogP) is 0.0453. The number of carboxylic acids is 1. The molecule has 14 heavy (non-hydrogen) atoms. The third kappa shape index (κ3) is 4.23. The summed E-state index contributed by atoms with van der Waals surface area (Å²) in [5.41, 5.74) is 5.44. The first-order valence-corrected chi connectivity index (χ1v) is 4.64. The van der Waals surface area contributed by atoms with E-state index in [0.717, 1.165) is 0 Å². The van der Waals surface area contributed by atoms with Crippen LogP contribution in [0.25, 0.3) is 0 Å². The van der Waals surface area contributed by atoms with Gasteiger partial charge in [-0.1, -0.05) is 0 Å². The highest BCUT2D eigenvalue weighted by Crippen LogP contribution is 2.02. The molecule has 0 aliphatic carbocycles. The number of rotatable bonds is 5. The highest BCUT2D eigenvalue weighted by Gasteiger charge is 2.20. The Kier molecular flexibility index (Phi) is 5.15. The SMILES string of the molecule is CC(C)N(CCC(=O)O)C(=O)[C@H](C)N. The lowest BCUT2D eigenvalue weighted by molar-refractivity contribution is -0.139. The molecule has 0 aromatic carbocycles. The number of amides is 1. The van der Waals surface area contributed by atoms with Gasteiger partial charge in [0.15, 0.2) is 0 Å². The lowest BCUT2D eigenvalue weighted by Gasteiger charge is -2.27. The van der Waals surface area contributed by atoms with Crippen molar-refractivity contribution in [3.63, 3.8) is 0 Å². The Morgan fingerprint density at radius 2 is 1.86 bits per heavy atom. The van der Waals surface area contributed by atoms with Crippen LogP contribution in [-0.4, -0.2) is 40.5 Å². The largest absolute Gasteiger partial charge is 0.481 e. The van der Waals surface area contributed by atoms with Crippen LogP contribution >= 0.6 is 0 Å². The normalized spacial score (nSPS) is 12.6. The summed E-state index contributed by atoms with van der Waals surface area (Å²) in [6.45, 7) is 5.48. The van der Waals surface area contributed by atoms with Crippen molar-refractivity contribution in [3.8, 4) is 0 Å². The van der Waals surface area contributed by atoms with Crippen LogP contribution in [0.2, 0.25) is 0 Å². The molecule has 0 radical (unpaired) electrons. The van der Waals surface area contributed by atoms with Gasteiger partial charge in [0, 0.05) is 12.6 Å². The molecule has 0 saturated heterocycles. The monoisotopic (exact) mass is 202 g/mol. The van der Waals surface area contributed by atoms with E-state index in [1.165, 1.54) is 4.90 Å². The van der Waals surface area contributed by atoms with Crippen molar-refractivity contribution >= 4 is 11.9 Å². The quantitative estimate of drug-likeness (QED) is 0.659. The molecule has 0 unspecified atom stereocenters. The molecule has 0 aliphatic heterocycles. The Hall–Kier alpha value is -1.10. The van der Waals surface area contributed by atoms with E-state index >= 15 is 0 Å². The molecule has 0 bridgehead atoms. The fourth-order valence-corrected chi connectivity index (χ4v) is 1.10. The maximum absolute atomic E-state index is 11.5. The van der Waals surface area contributed by atoms with Gasteiger partial charge in [-0.25, -0.2) is 0 Å². The molecule has 0 heterocycles. The molecule has 1 atom stereocenters. The summed E-state index contributed by atoms with van der Waals surface area (Å²) >= 11 is 0. The van der Waals surface area contributed by atoms with E-state index in [4.69, 9.17) is 10.8 Å². The molecule has 5 heteroatoms. The van der Waals surface area contributed by atoms with E-state index < -0.39 is 12.0 Å². The molecule has 0 aliphatic rings. The predicted molar refractivity (Wildman–Crippen MR) is 52.8 cm³/mol. The van der Waals surface area contributed by atoms with Crippen molar-refractivity contribution in [3.05, 3.63) is 0 Å². The summed E-state index contributed by atoms with van der Waals surface area (Å²) in [6, 6.07) is -0.598. The van der Waals surface area contributed by atoms with Crippen LogP contribution in [0.3, 0.4) is 0 Å². The molecule has 5 nitrogen and oxygen atoms in total. The summed E-state index contributed by atoms with van der Waals surface area (Å²) in [5, 5.41) is 8.50. The van der Waals surface area contributed by atoms with Crippen molar-refractivity contribution < 1.29 is 14.7 Å². The van der Waals surface area contributed by atoms with Crippen LogP contribution in [0.5, 0.6) is 0 Å². The molecular weight excluding hydrogens is 184 g/mol. The maximum Gasteiger partial charge on any atom is 0.305 e. The van der Waals surface area contributed by atoms with Gasteiger partial charge >= 0.3 is 5.97 Å². The highest BCUT2D eigenvalue weighted by molar-refractivity contribution is 5.81. The van der Waals surface area contributed by atoms with Crippen LogP contribution < -0.4 is 5.73 Å². The third-order valence-corrected chi connectivity index (χ3v) is 1.86. The number of aliphatic carboxylic acids is 1. The topological polar surface area (TPSA) is 83.6 Å². The van der Waals surface area contributed by atoms with Crippen LogP contribution in [0.4, 0.5) is 0 Å². The Morgan fingerprint density at radius 1 is 1.36 bits per heavy atom. The van der Waals surface area contributed by atoms with Gasteiger partial charge in [-0.3, -0.25) is 9.59 Å².